The van der Waals surface area contributed by atoms with E-state index in [2.05, 4.69) is 0 Å². The molecule has 1 aromatic carbocycles. The number of carbonyl (C=O) groups excluding carboxylic acids is 2. The fraction of sp³-hybridized carbons (Fsp3) is 0.429. The zero-order valence-corrected chi connectivity index (χ0v) is 10.8. The number of anilines is 1. The van der Waals surface area contributed by atoms with Gasteiger partial charge in [0.15, 0.2) is 0 Å². The van der Waals surface area contributed by atoms with Gasteiger partial charge in [-0.2, -0.15) is 0 Å². The van der Waals surface area contributed by atoms with E-state index in [-0.39, 0.29) is 11.8 Å². The van der Waals surface area contributed by atoms with Gasteiger partial charge in [-0.05, 0) is 31.9 Å². The van der Waals surface area contributed by atoms with E-state index in [1.54, 1.807) is 18.2 Å². The molecule has 2 amide bonds. The van der Waals surface area contributed by atoms with Crippen molar-refractivity contribution in [1.29, 1.82) is 0 Å². The molecule has 2 aliphatic rings. The van der Waals surface area contributed by atoms with E-state index in [1.165, 1.54) is 4.90 Å². The molecule has 3 rings (SSSR count). The standard InChI is InChI=1S/C14H16N2O3/c1-14(6-3-7-19-14)8-16-12(17)9-4-2-5-10(15)11(9)13(16)18/h2,4-5H,3,6-8,15H2,1H3. The molecule has 2 heterocycles. The molecule has 19 heavy (non-hydrogen) atoms. The minimum Gasteiger partial charge on any atom is -0.398 e. The molecule has 5 nitrogen and oxygen atoms in total. The van der Waals surface area contributed by atoms with Gasteiger partial charge in [-0.25, -0.2) is 0 Å². The summed E-state index contributed by atoms with van der Waals surface area (Å²) in [5, 5.41) is 0. The van der Waals surface area contributed by atoms with Crippen LogP contribution in [0.1, 0.15) is 40.5 Å². The Labute approximate surface area is 111 Å². The lowest BCUT2D eigenvalue weighted by atomic mass is 10.0. The fourth-order valence-electron chi connectivity index (χ4n) is 2.80. The van der Waals surface area contributed by atoms with Gasteiger partial charge in [0.2, 0.25) is 0 Å². The Hall–Kier alpha value is -1.88. The normalized spacial score (nSPS) is 26.1. The molecule has 0 aliphatic carbocycles. The Morgan fingerprint density at radius 2 is 2.16 bits per heavy atom. The molecule has 1 fully saturated rings. The topological polar surface area (TPSA) is 72.6 Å². The van der Waals surface area contributed by atoms with Crippen LogP contribution in [0.4, 0.5) is 5.69 Å². The van der Waals surface area contributed by atoms with Crippen LogP contribution < -0.4 is 5.73 Å². The summed E-state index contributed by atoms with van der Waals surface area (Å²) in [5.41, 5.74) is 6.45. The molecule has 1 saturated heterocycles. The summed E-state index contributed by atoms with van der Waals surface area (Å²) < 4.78 is 5.65. The van der Waals surface area contributed by atoms with Gasteiger partial charge in [-0.1, -0.05) is 6.07 Å². The molecule has 2 aliphatic heterocycles. The van der Waals surface area contributed by atoms with Crippen molar-refractivity contribution in [2.75, 3.05) is 18.9 Å². The quantitative estimate of drug-likeness (QED) is 0.645. The number of fused-ring (bicyclic) bond motifs is 1. The van der Waals surface area contributed by atoms with E-state index < -0.39 is 5.60 Å². The van der Waals surface area contributed by atoms with Crippen LogP contribution in [-0.2, 0) is 4.74 Å². The molecule has 100 valence electrons. The second kappa shape index (κ2) is 4.06. The third-order valence-electron chi connectivity index (χ3n) is 3.82. The Morgan fingerprint density at radius 3 is 2.79 bits per heavy atom. The predicted molar refractivity (Wildman–Crippen MR) is 69.8 cm³/mol. The Bertz CT molecular complexity index is 562. The van der Waals surface area contributed by atoms with Crippen LogP contribution in [0.5, 0.6) is 0 Å². The zero-order valence-electron chi connectivity index (χ0n) is 10.8. The SMILES string of the molecule is CC1(CN2C(=O)c3cccc(N)c3C2=O)CCCO1. The van der Waals surface area contributed by atoms with Gasteiger partial charge < -0.3 is 10.5 Å². The average Bonchev–Trinajstić information content (AvgIpc) is 2.89. The van der Waals surface area contributed by atoms with Crippen molar-refractivity contribution in [1.82, 2.24) is 4.90 Å². The Balaban J connectivity index is 1.92. The molecule has 1 atom stereocenters. The third kappa shape index (κ3) is 1.81. The average molecular weight is 260 g/mol. The smallest absolute Gasteiger partial charge is 0.263 e. The maximum Gasteiger partial charge on any atom is 0.263 e. The summed E-state index contributed by atoms with van der Waals surface area (Å²) in [5.74, 6) is -0.584. The number of rotatable bonds is 2. The highest BCUT2D eigenvalue weighted by molar-refractivity contribution is 6.23. The molecule has 0 spiro atoms. The van der Waals surface area contributed by atoms with Crippen molar-refractivity contribution in [3.8, 4) is 0 Å². The number of imide groups is 1. The number of nitrogens with zero attached hydrogens (tertiary/aromatic N) is 1. The van der Waals surface area contributed by atoms with Crippen molar-refractivity contribution < 1.29 is 14.3 Å². The Morgan fingerprint density at radius 1 is 1.37 bits per heavy atom. The van der Waals surface area contributed by atoms with E-state index in [9.17, 15) is 9.59 Å². The van der Waals surface area contributed by atoms with E-state index in [1.807, 2.05) is 6.92 Å². The molecule has 2 N–H and O–H groups in total. The molecular formula is C14H16N2O3. The van der Waals surface area contributed by atoms with Crippen molar-refractivity contribution >= 4 is 17.5 Å². The third-order valence-corrected chi connectivity index (χ3v) is 3.82. The lowest BCUT2D eigenvalue weighted by molar-refractivity contribution is -0.00285. The lowest BCUT2D eigenvalue weighted by Crippen LogP contribution is -2.43. The molecule has 1 unspecified atom stereocenters. The maximum absolute atomic E-state index is 12.3. The van der Waals surface area contributed by atoms with Gasteiger partial charge in [0.1, 0.15) is 0 Å². The first-order valence-electron chi connectivity index (χ1n) is 6.40. The van der Waals surface area contributed by atoms with Crippen LogP contribution in [0.2, 0.25) is 0 Å². The molecule has 5 heteroatoms. The number of hydrogen-bond donors (Lipinski definition) is 1. The number of carbonyl (C=O) groups is 2. The van der Waals surface area contributed by atoms with E-state index >= 15 is 0 Å². The van der Waals surface area contributed by atoms with E-state index in [0.717, 1.165) is 12.8 Å². The van der Waals surface area contributed by atoms with Gasteiger partial charge in [0.25, 0.3) is 11.8 Å². The number of hydrogen-bond acceptors (Lipinski definition) is 4. The van der Waals surface area contributed by atoms with Gasteiger partial charge >= 0.3 is 0 Å². The van der Waals surface area contributed by atoms with Gasteiger partial charge in [-0.15, -0.1) is 0 Å². The highest BCUT2D eigenvalue weighted by Gasteiger charge is 2.42. The Kier molecular flexibility index (Phi) is 2.60. The monoisotopic (exact) mass is 260 g/mol. The molecule has 0 saturated carbocycles. The summed E-state index contributed by atoms with van der Waals surface area (Å²) >= 11 is 0. The van der Waals surface area contributed by atoms with Gasteiger partial charge in [-0.3, -0.25) is 14.5 Å². The second-order valence-electron chi connectivity index (χ2n) is 5.37. The van der Waals surface area contributed by atoms with Crippen molar-refractivity contribution in [3.05, 3.63) is 29.3 Å². The van der Waals surface area contributed by atoms with Crippen LogP contribution in [0.3, 0.4) is 0 Å². The first-order valence-corrected chi connectivity index (χ1v) is 6.40. The number of nitrogen functional groups attached to an aromatic ring is 1. The lowest BCUT2D eigenvalue weighted by Gasteiger charge is -2.27. The summed E-state index contributed by atoms with van der Waals surface area (Å²) in [7, 11) is 0. The van der Waals surface area contributed by atoms with Crippen molar-refractivity contribution in [2.24, 2.45) is 0 Å². The summed E-state index contributed by atoms with van der Waals surface area (Å²) in [6.07, 6.45) is 1.82. The van der Waals surface area contributed by atoms with Crippen LogP contribution in [-0.4, -0.2) is 35.5 Å². The maximum atomic E-state index is 12.3. The largest absolute Gasteiger partial charge is 0.398 e. The van der Waals surface area contributed by atoms with Crippen LogP contribution >= 0.6 is 0 Å². The molecule has 1 aromatic rings. The van der Waals surface area contributed by atoms with Crippen LogP contribution in [0, 0.1) is 0 Å². The predicted octanol–water partition coefficient (Wildman–Crippen LogP) is 1.43. The van der Waals surface area contributed by atoms with Crippen molar-refractivity contribution in [3.63, 3.8) is 0 Å². The number of nitrogens with two attached hydrogens (primary N) is 1. The molecular weight excluding hydrogens is 244 g/mol. The number of amides is 2. The molecule has 0 aromatic heterocycles. The van der Waals surface area contributed by atoms with E-state index in [0.29, 0.717) is 30.0 Å². The van der Waals surface area contributed by atoms with Gasteiger partial charge in [0.05, 0.1) is 23.3 Å². The summed E-state index contributed by atoms with van der Waals surface area (Å²) in [4.78, 5) is 25.9. The molecule has 0 bridgehead atoms. The van der Waals surface area contributed by atoms with Crippen LogP contribution in [0.15, 0.2) is 18.2 Å². The minimum absolute atomic E-state index is 0.274. The second-order valence-corrected chi connectivity index (χ2v) is 5.37. The van der Waals surface area contributed by atoms with Gasteiger partial charge in [0, 0.05) is 12.3 Å². The van der Waals surface area contributed by atoms with E-state index in [4.69, 9.17) is 10.5 Å². The minimum atomic E-state index is -0.428. The van der Waals surface area contributed by atoms with Crippen molar-refractivity contribution in [2.45, 2.75) is 25.4 Å². The summed E-state index contributed by atoms with van der Waals surface area (Å²) in [6.45, 7) is 2.91. The first kappa shape index (κ1) is 12.2. The number of ether oxygens (including phenoxy) is 1. The summed E-state index contributed by atoms with van der Waals surface area (Å²) in [6, 6.07) is 4.97. The first-order chi connectivity index (χ1) is 9.02. The highest BCUT2D eigenvalue weighted by atomic mass is 16.5. The zero-order chi connectivity index (χ0) is 13.6. The number of benzene rings is 1. The fourth-order valence-corrected chi connectivity index (χ4v) is 2.80. The molecule has 0 radical (unpaired) electrons. The van der Waals surface area contributed by atoms with Crippen LogP contribution in [0.25, 0.3) is 0 Å². The highest BCUT2D eigenvalue weighted by Crippen LogP contribution is 2.32.